The largest absolute Gasteiger partial charge is 0.366 e. The molecule has 2 rings (SSSR count). The average Bonchev–Trinajstić information content (AvgIpc) is 2.78. The van der Waals surface area contributed by atoms with Gasteiger partial charge in [-0.3, -0.25) is 4.79 Å². The zero-order valence-corrected chi connectivity index (χ0v) is 8.86. The Kier molecular flexibility index (Phi) is 2.74. The van der Waals surface area contributed by atoms with Gasteiger partial charge in [0.25, 0.3) is 0 Å². The summed E-state index contributed by atoms with van der Waals surface area (Å²) in [5.41, 5.74) is 8.62. The molecule has 0 radical (unpaired) electrons. The highest BCUT2D eigenvalue weighted by Gasteiger charge is 2.19. The number of hydrogen-bond acceptors (Lipinski definition) is 2. The van der Waals surface area contributed by atoms with Crippen LogP contribution in [-0.4, -0.2) is 5.91 Å². The molecule has 1 aromatic rings. The number of amides is 1. The molecule has 1 aromatic carbocycles. The van der Waals surface area contributed by atoms with E-state index >= 15 is 0 Å². The van der Waals surface area contributed by atoms with Gasteiger partial charge in [-0.25, -0.2) is 0 Å². The summed E-state index contributed by atoms with van der Waals surface area (Å²) in [7, 11) is 0. The smallest absolute Gasteiger partial charge is 0.244 e. The van der Waals surface area contributed by atoms with E-state index in [4.69, 9.17) is 11.0 Å². The summed E-state index contributed by atoms with van der Waals surface area (Å²) in [4.78, 5) is 11.2. The second-order valence-corrected chi connectivity index (χ2v) is 3.87. The van der Waals surface area contributed by atoms with Crippen LogP contribution in [-0.2, 0) is 4.79 Å². The first-order valence-corrected chi connectivity index (χ1v) is 5.24. The molecule has 0 aliphatic heterocycles. The Hall–Kier alpha value is -2.08. The summed E-state index contributed by atoms with van der Waals surface area (Å²) < 4.78 is 0. The first kappa shape index (κ1) is 10.4. The van der Waals surface area contributed by atoms with E-state index < -0.39 is 0 Å². The van der Waals surface area contributed by atoms with Crippen LogP contribution in [0.2, 0.25) is 0 Å². The Balaban J connectivity index is 2.48. The van der Waals surface area contributed by atoms with Crippen LogP contribution in [0.1, 0.15) is 30.4 Å². The van der Waals surface area contributed by atoms with Crippen molar-refractivity contribution in [2.45, 2.75) is 19.3 Å². The number of allylic oxidation sites excluding steroid dienone is 1. The molecule has 0 unspecified atom stereocenters. The molecule has 0 aromatic heterocycles. The molecule has 0 saturated heterocycles. The number of benzene rings is 1. The summed E-state index contributed by atoms with van der Waals surface area (Å²) in [5, 5.41) is 8.82. The molecule has 0 fully saturated rings. The summed E-state index contributed by atoms with van der Waals surface area (Å²) >= 11 is 0. The van der Waals surface area contributed by atoms with E-state index in [0.29, 0.717) is 5.56 Å². The Morgan fingerprint density at radius 3 is 2.88 bits per heavy atom. The minimum atomic E-state index is -0.338. The van der Waals surface area contributed by atoms with Gasteiger partial charge in [-0.05, 0) is 42.5 Å². The third-order valence-electron chi connectivity index (χ3n) is 2.86. The number of primary amides is 1. The fraction of sp³-hybridized carbons (Fsp3) is 0.231. The number of rotatable bonds is 2. The fourth-order valence-corrected chi connectivity index (χ4v) is 2.11. The van der Waals surface area contributed by atoms with Crippen LogP contribution in [0.25, 0.3) is 5.57 Å². The average molecular weight is 212 g/mol. The lowest BCUT2D eigenvalue weighted by Crippen LogP contribution is -2.13. The van der Waals surface area contributed by atoms with Crippen LogP contribution in [0.5, 0.6) is 0 Å². The van der Waals surface area contributed by atoms with Crippen LogP contribution in [0.15, 0.2) is 29.8 Å². The molecular formula is C13H12N2O. The van der Waals surface area contributed by atoms with E-state index in [9.17, 15) is 4.79 Å². The van der Waals surface area contributed by atoms with Crippen molar-refractivity contribution in [3.8, 4) is 6.07 Å². The summed E-state index contributed by atoms with van der Waals surface area (Å²) in [6.45, 7) is 0. The lowest BCUT2D eigenvalue weighted by molar-refractivity contribution is -0.114. The van der Waals surface area contributed by atoms with Crippen molar-refractivity contribution in [1.29, 1.82) is 5.26 Å². The molecule has 0 atom stereocenters. The molecular weight excluding hydrogens is 200 g/mol. The van der Waals surface area contributed by atoms with E-state index in [-0.39, 0.29) is 5.91 Å². The quantitative estimate of drug-likeness (QED) is 0.814. The van der Waals surface area contributed by atoms with E-state index in [1.54, 1.807) is 6.07 Å². The van der Waals surface area contributed by atoms with Gasteiger partial charge < -0.3 is 5.73 Å². The molecule has 16 heavy (non-hydrogen) atoms. The topological polar surface area (TPSA) is 66.9 Å². The number of nitrogens with zero attached hydrogens (tertiary/aromatic N) is 1. The molecule has 0 saturated carbocycles. The second-order valence-electron chi connectivity index (χ2n) is 3.87. The van der Waals surface area contributed by atoms with Crippen LogP contribution < -0.4 is 5.73 Å². The predicted molar refractivity (Wildman–Crippen MR) is 61.1 cm³/mol. The van der Waals surface area contributed by atoms with Gasteiger partial charge in [0.15, 0.2) is 0 Å². The maximum atomic E-state index is 11.2. The number of nitrogens with two attached hydrogens (primary N) is 1. The van der Waals surface area contributed by atoms with E-state index in [1.807, 2.05) is 18.2 Å². The molecule has 3 nitrogen and oxygen atoms in total. The zero-order chi connectivity index (χ0) is 11.5. The standard InChI is InChI=1S/C13H12N2O/c14-8-9-3-1-4-10(7-9)11-5-2-6-12(11)13(15)16/h1,3-4,7H,2,5-6H2,(H2,15,16). The molecule has 1 aliphatic carbocycles. The highest BCUT2D eigenvalue weighted by Crippen LogP contribution is 2.33. The third kappa shape index (κ3) is 1.82. The van der Waals surface area contributed by atoms with Crippen molar-refractivity contribution >= 4 is 11.5 Å². The SMILES string of the molecule is N#Cc1cccc(C2=C(C(N)=O)CCC2)c1. The van der Waals surface area contributed by atoms with E-state index in [2.05, 4.69) is 6.07 Å². The number of hydrogen-bond donors (Lipinski definition) is 1. The van der Waals surface area contributed by atoms with Crippen LogP contribution in [0.3, 0.4) is 0 Å². The fourth-order valence-electron chi connectivity index (χ4n) is 2.11. The monoisotopic (exact) mass is 212 g/mol. The molecule has 0 spiro atoms. The summed E-state index contributed by atoms with van der Waals surface area (Å²) in [5.74, 6) is -0.338. The van der Waals surface area contributed by atoms with Crippen molar-refractivity contribution in [3.63, 3.8) is 0 Å². The maximum absolute atomic E-state index is 11.2. The van der Waals surface area contributed by atoms with Gasteiger partial charge in [-0.15, -0.1) is 0 Å². The van der Waals surface area contributed by atoms with Crippen LogP contribution >= 0.6 is 0 Å². The van der Waals surface area contributed by atoms with Gasteiger partial charge in [0.05, 0.1) is 11.6 Å². The van der Waals surface area contributed by atoms with Gasteiger partial charge in [-0.2, -0.15) is 5.26 Å². The van der Waals surface area contributed by atoms with E-state index in [0.717, 1.165) is 36.0 Å². The van der Waals surface area contributed by atoms with Crippen molar-refractivity contribution in [3.05, 3.63) is 41.0 Å². The molecule has 0 heterocycles. The highest BCUT2D eigenvalue weighted by atomic mass is 16.1. The van der Waals surface area contributed by atoms with E-state index in [1.165, 1.54) is 0 Å². The van der Waals surface area contributed by atoms with Gasteiger partial charge in [0.1, 0.15) is 0 Å². The van der Waals surface area contributed by atoms with Crippen LogP contribution in [0, 0.1) is 11.3 Å². The summed E-state index contributed by atoms with van der Waals surface area (Å²) in [6, 6.07) is 9.41. The van der Waals surface area contributed by atoms with Gasteiger partial charge in [0.2, 0.25) is 5.91 Å². The molecule has 1 amide bonds. The molecule has 0 bridgehead atoms. The molecule has 1 aliphatic rings. The van der Waals surface area contributed by atoms with Crippen molar-refractivity contribution in [2.75, 3.05) is 0 Å². The van der Waals surface area contributed by atoms with Gasteiger partial charge in [0, 0.05) is 5.57 Å². The molecule has 80 valence electrons. The lowest BCUT2D eigenvalue weighted by Gasteiger charge is -2.05. The summed E-state index contributed by atoms with van der Waals surface area (Å²) in [6.07, 6.45) is 2.58. The van der Waals surface area contributed by atoms with Crippen molar-refractivity contribution in [2.24, 2.45) is 5.73 Å². The minimum Gasteiger partial charge on any atom is -0.366 e. The predicted octanol–water partition coefficient (Wildman–Crippen LogP) is 1.98. The second kappa shape index (κ2) is 4.19. The zero-order valence-electron chi connectivity index (χ0n) is 8.86. The first-order valence-electron chi connectivity index (χ1n) is 5.24. The number of carbonyl (C=O) groups is 1. The van der Waals surface area contributed by atoms with Crippen molar-refractivity contribution in [1.82, 2.24) is 0 Å². The third-order valence-corrected chi connectivity index (χ3v) is 2.86. The highest BCUT2D eigenvalue weighted by molar-refractivity contribution is 6.01. The normalized spacial score (nSPS) is 14.9. The van der Waals surface area contributed by atoms with Gasteiger partial charge in [-0.1, -0.05) is 12.1 Å². The Bertz CT molecular complexity index is 509. The van der Waals surface area contributed by atoms with Gasteiger partial charge >= 0.3 is 0 Å². The number of carbonyl (C=O) groups excluding carboxylic acids is 1. The lowest BCUT2D eigenvalue weighted by atomic mass is 10.00. The number of nitriles is 1. The maximum Gasteiger partial charge on any atom is 0.244 e. The van der Waals surface area contributed by atoms with Crippen LogP contribution in [0.4, 0.5) is 0 Å². The Morgan fingerprint density at radius 1 is 1.38 bits per heavy atom. The minimum absolute atomic E-state index is 0.338. The molecule has 3 heteroatoms. The molecule has 2 N–H and O–H groups in total. The van der Waals surface area contributed by atoms with Crippen molar-refractivity contribution < 1.29 is 4.79 Å². The Labute approximate surface area is 94.2 Å². The first-order chi connectivity index (χ1) is 7.72. The Morgan fingerprint density at radius 2 is 2.19 bits per heavy atom.